The lowest BCUT2D eigenvalue weighted by Crippen LogP contribution is -2.26. The van der Waals surface area contributed by atoms with Gasteiger partial charge in [0.15, 0.2) is 0 Å². The maximum Gasteiger partial charge on any atom is 0.275 e. The van der Waals surface area contributed by atoms with E-state index < -0.39 is 0 Å². The van der Waals surface area contributed by atoms with Gasteiger partial charge >= 0.3 is 0 Å². The molecular weight excluding hydrogens is 392 g/mol. The largest absolute Gasteiger partial charge is 0.491 e. The monoisotopic (exact) mass is 416 g/mol. The van der Waals surface area contributed by atoms with Gasteiger partial charge in [-0.15, -0.1) is 0 Å². The second-order valence-electron chi connectivity index (χ2n) is 7.85. The molecule has 5 rings (SSSR count). The van der Waals surface area contributed by atoms with Gasteiger partial charge in [0.1, 0.15) is 12.4 Å². The number of H-pyrrole nitrogens is 1. The number of nitrogens with one attached hydrogen (secondary N) is 1. The number of hydrogen-bond donors (Lipinski definition) is 1. The summed E-state index contributed by atoms with van der Waals surface area (Å²) < 4.78 is 13.0. The average molecular weight is 416 g/mol. The average Bonchev–Trinajstić information content (AvgIpc) is 3.46. The molecule has 1 unspecified atom stereocenters. The summed E-state index contributed by atoms with van der Waals surface area (Å²) in [7, 11) is 0. The number of hydrogen-bond acceptors (Lipinski definition) is 5. The first-order valence-electron chi connectivity index (χ1n) is 10.5. The molecule has 0 aliphatic heterocycles. The molecule has 1 saturated carbocycles. The van der Waals surface area contributed by atoms with Crippen molar-refractivity contribution < 1.29 is 9.47 Å². The summed E-state index contributed by atoms with van der Waals surface area (Å²) in [4.78, 5) is 13.3. The second kappa shape index (κ2) is 8.35. The SMILES string of the molecule is CC(c1cccc(OCCOC2CC2)c1)n1ncc2ccc(-c3cn[nH]c3)cc2c1=O. The minimum atomic E-state index is -0.235. The van der Waals surface area contributed by atoms with Crippen molar-refractivity contribution in [3.63, 3.8) is 0 Å². The summed E-state index contributed by atoms with van der Waals surface area (Å²) in [5.41, 5.74) is 2.71. The topological polar surface area (TPSA) is 82.0 Å². The van der Waals surface area contributed by atoms with Gasteiger partial charge in [0.05, 0.1) is 36.5 Å². The normalized spacial score (nSPS) is 14.6. The molecule has 0 saturated heterocycles. The molecule has 31 heavy (non-hydrogen) atoms. The molecule has 0 amide bonds. The van der Waals surface area contributed by atoms with Crippen molar-refractivity contribution in [2.75, 3.05) is 13.2 Å². The highest BCUT2D eigenvalue weighted by Crippen LogP contribution is 2.25. The number of aromatic nitrogens is 4. The maximum absolute atomic E-state index is 13.3. The molecule has 7 heteroatoms. The number of ether oxygens (including phenoxy) is 2. The Kier molecular flexibility index (Phi) is 5.26. The molecule has 1 N–H and O–H groups in total. The molecular formula is C24H24N4O3. The van der Waals surface area contributed by atoms with Crippen LogP contribution < -0.4 is 10.3 Å². The van der Waals surface area contributed by atoms with Crippen LogP contribution in [-0.2, 0) is 4.74 Å². The Morgan fingerprint density at radius 1 is 1.13 bits per heavy atom. The van der Waals surface area contributed by atoms with E-state index in [0.717, 1.165) is 40.7 Å². The molecule has 0 bridgehead atoms. The predicted octanol–water partition coefficient (Wildman–Crippen LogP) is 3.95. The van der Waals surface area contributed by atoms with Crippen LogP contribution in [0.1, 0.15) is 31.4 Å². The molecule has 1 fully saturated rings. The lowest BCUT2D eigenvalue weighted by Gasteiger charge is -2.16. The summed E-state index contributed by atoms with van der Waals surface area (Å²) in [6.45, 7) is 3.07. The molecule has 0 spiro atoms. The van der Waals surface area contributed by atoms with Gasteiger partial charge in [-0.3, -0.25) is 9.89 Å². The molecule has 2 heterocycles. The number of rotatable bonds is 8. The van der Waals surface area contributed by atoms with Crippen molar-refractivity contribution in [2.45, 2.75) is 31.9 Å². The number of aromatic amines is 1. The first kappa shape index (κ1) is 19.5. The van der Waals surface area contributed by atoms with E-state index in [1.54, 1.807) is 12.4 Å². The van der Waals surface area contributed by atoms with Crippen LogP contribution in [0.5, 0.6) is 5.75 Å². The minimum absolute atomic E-state index is 0.125. The Balaban J connectivity index is 1.39. The maximum atomic E-state index is 13.3. The van der Waals surface area contributed by atoms with Gasteiger partial charge < -0.3 is 9.47 Å². The van der Waals surface area contributed by atoms with Gasteiger partial charge in [-0.25, -0.2) is 4.68 Å². The number of fused-ring (bicyclic) bond motifs is 1. The molecule has 2 aromatic carbocycles. The zero-order chi connectivity index (χ0) is 21.2. The summed E-state index contributed by atoms with van der Waals surface area (Å²) in [5, 5.41) is 12.7. The molecule has 0 radical (unpaired) electrons. The van der Waals surface area contributed by atoms with Crippen molar-refractivity contribution in [3.05, 3.63) is 77.0 Å². The van der Waals surface area contributed by atoms with E-state index >= 15 is 0 Å². The Labute approximate surface area is 179 Å². The van der Waals surface area contributed by atoms with E-state index in [9.17, 15) is 4.79 Å². The van der Waals surface area contributed by atoms with Gasteiger partial charge in [-0.1, -0.05) is 24.3 Å². The molecule has 2 aromatic heterocycles. The predicted molar refractivity (Wildman–Crippen MR) is 118 cm³/mol. The number of nitrogens with zero attached hydrogens (tertiary/aromatic N) is 3. The van der Waals surface area contributed by atoms with E-state index in [1.165, 1.54) is 4.68 Å². The first-order valence-corrected chi connectivity index (χ1v) is 10.5. The van der Waals surface area contributed by atoms with Crippen LogP contribution in [0.2, 0.25) is 0 Å². The van der Waals surface area contributed by atoms with E-state index in [4.69, 9.17) is 9.47 Å². The highest BCUT2D eigenvalue weighted by Gasteiger charge is 2.21. The van der Waals surface area contributed by atoms with E-state index in [1.807, 2.05) is 55.6 Å². The van der Waals surface area contributed by atoms with Crippen molar-refractivity contribution in [1.29, 1.82) is 0 Å². The lowest BCUT2D eigenvalue weighted by atomic mass is 10.0. The van der Waals surface area contributed by atoms with Crippen molar-refractivity contribution in [2.24, 2.45) is 0 Å². The lowest BCUT2D eigenvalue weighted by molar-refractivity contribution is 0.0880. The number of benzene rings is 2. The fourth-order valence-corrected chi connectivity index (χ4v) is 3.63. The fraction of sp³-hybridized carbons (Fsp3) is 0.292. The third-order valence-electron chi connectivity index (χ3n) is 5.58. The van der Waals surface area contributed by atoms with E-state index in [-0.39, 0.29) is 11.6 Å². The van der Waals surface area contributed by atoms with Crippen LogP contribution >= 0.6 is 0 Å². The van der Waals surface area contributed by atoms with Crippen LogP contribution in [0.3, 0.4) is 0 Å². The van der Waals surface area contributed by atoms with Crippen LogP contribution in [-0.4, -0.2) is 39.3 Å². The molecule has 1 aliphatic carbocycles. The van der Waals surface area contributed by atoms with Gasteiger partial charge in [0.2, 0.25) is 0 Å². The molecule has 1 aliphatic rings. The summed E-state index contributed by atoms with van der Waals surface area (Å²) >= 11 is 0. The molecule has 158 valence electrons. The van der Waals surface area contributed by atoms with Gasteiger partial charge in [-0.2, -0.15) is 10.2 Å². The highest BCUT2D eigenvalue weighted by atomic mass is 16.5. The smallest absolute Gasteiger partial charge is 0.275 e. The summed E-state index contributed by atoms with van der Waals surface area (Å²) in [6.07, 6.45) is 8.03. The van der Waals surface area contributed by atoms with Crippen molar-refractivity contribution in [1.82, 2.24) is 20.0 Å². The second-order valence-corrected chi connectivity index (χ2v) is 7.85. The summed E-state index contributed by atoms with van der Waals surface area (Å²) in [6, 6.07) is 13.3. The quantitative estimate of drug-likeness (QED) is 0.440. The Morgan fingerprint density at radius 3 is 2.84 bits per heavy atom. The van der Waals surface area contributed by atoms with Crippen LogP contribution in [0.15, 0.2) is 65.8 Å². The van der Waals surface area contributed by atoms with Crippen LogP contribution in [0.4, 0.5) is 0 Å². The minimum Gasteiger partial charge on any atom is -0.491 e. The van der Waals surface area contributed by atoms with Crippen LogP contribution in [0.25, 0.3) is 21.9 Å². The Hall–Kier alpha value is -3.45. The highest BCUT2D eigenvalue weighted by molar-refractivity contribution is 5.85. The van der Waals surface area contributed by atoms with Crippen LogP contribution in [0, 0.1) is 0 Å². The Morgan fingerprint density at radius 2 is 2.03 bits per heavy atom. The zero-order valence-corrected chi connectivity index (χ0v) is 17.3. The first-order chi connectivity index (χ1) is 15.2. The Bertz CT molecular complexity index is 1250. The van der Waals surface area contributed by atoms with Gasteiger partial charge in [0, 0.05) is 17.1 Å². The van der Waals surface area contributed by atoms with Crippen molar-refractivity contribution in [3.8, 4) is 16.9 Å². The standard InChI is InChI=1S/C24H24N4O3/c1-16(17-3-2-4-22(11-17)31-10-9-30-21-7-8-21)28-24(29)23-12-18(20-13-25-26-14-20)5-6-19(23)15-27-28/h2-6,11-16,21H,7-10H2,1H3,(H,25,26). The van der Waals surface area contributed by atoms with Gasteiger partial charge in [0.25, 0.3) is 5.56 Å². The third kappa shape index (κ3) is 4.22. The molecule has 7 nitrogen and oxygen atoms in total. The fourth-order valence-electron chi connectivity index (χ4n) is 3.63. The van der Waals surface area contributed by atoms with Crippen molar-refractivity contribution >= 4 is 10.8 Å². The third-order valence-corrected chi connectivity index (χ3v) is 5.58. The van der Waals surface area contributed by atoms with Gasteiger partial charge in [-0.05, 0) is 49.1 Å². The molecule has 4 aromatic rings. The van der Waals surface area contributed by atoms with E-state index in [0.29, 0.717) is 24.7 Å². The molecule has 1 atom stereocenters. The summed E-state index contributed by atoms with van der Waals surface area (Å²) in [5.74, 6) is 0.764. The van der Waals surface area contributed by atoms with E-state index in [2.05, 4.69) is 15.3 Å². The zero-order valence-electron chi connectivity index (χ0n) is 17.3.